The topological polar surface area (TPSA) is 44.8 Å². The van der Waals surface area contributed by atoms with Gasteiger partial charge in [0.1, 0.15) is 0 Å². The lowest BCUT2D eigenvalue weighted by atomic mass is 10.4. The molecule has 0 saturated carbocycles. The van der Waals surface area contributed by atoms with Gasteiger partial charge in [-0.05, 0) is 39.4 Å². The zero-order valence-corrected chi connectivity index (χ0v) is 12.5. The molecule has 4 nitrogen and oxygen atoms in total. The predicted octanol–water partition coefficient (Wildman–Crippen LogP) is 2.57. The highest BCUT2D eigenvalue weighted by molar-refractivity contribution is 6.71. The number of esters is 1. The monoisotopic (exact) mass is 260 g/mol. The van der Waals surface area contributed by atoms with E-state index in [1.54, 1.807) is 12.6 Å². The lowest BCUT2D eigenvalue weighted by Gasteiger charge is -2.22. The molecule has 0 aromatic heterocycles. The summed E-state index contributed by atoms with van der Waals surface area (Å²) in [6.07, 6.45) is 0.824. The standard InChI is InChI=1S/C12H24O4Si/c1-6-9-14-12(13)11(4)10-17(5,15-7-2)16-8-3/h10H,6-9H2,1-5H3. The minimum Gasteiger partial charge on any atom is -0.462 e. The van der Waals surface area contributed by atoms with Crippen molar-refractivity contribution in [2.24, 2.45) is 0 Å². The molecule has 17 heavy (non-hydrogen) atoms. The fourth-order valence-corrected chi connectivity index (χ4v) is 3.76. The van der Waals surface area contributed by atoms with Gasteiger partial charge in [-0.15, -0.1) is 0 Å². The number of carbonyl (C=O) groups excluding carboxylic acids is 1. The fourth-order valence-electron chi connectivity index (χ4n) is 1.46. The molecule has 0 amide bonds. The third kappa shape index (κ3) is 6.60. The van der Waals surface area contributed by atoms with Gasteiger partial charge in [-0.25, -0.2) is 4.79 Å². The van der Waals surface area contributed by atoms with E-state index < -0.39 is 8.56 Å². The average Bonchev–Trinajstić information content (AvgIpc) is 2.26. The summed E-state index contributed by atoms with van der Waals surface area (Å²) in [6.45, 7) is 11.1. The maximum atomic E-state index is 11.6. The number of carbonyl (C=O) groups is 1. The third-order valence-electron chi connectivity index (χ3n) is 2.10. The fraction of sp³-hybridized carbons (Fsp3) is 0.750. The van der Waals surface area contributed by atoms with Gasteiger partial charge in [0, 0.05) is 18.8 Å². The first kappa shape index (κ1) is 16.3. The summed E-state index contributed by atoms with van der Waals surface area (Å²) in [4.78, 5) is 11.6. The minimum absolute atomic E-state index is 0.287. The van der Waals surface area contributed by atoms with Gasteiger partial charge in [-0.2, -0.15) is 0 Å². The normalized spacial score (nSPS) is 12.6. The van der Waals surface area contributed by atoms with Crippen molar-refractivity contribution in [3.05, 3.63) is 11.3 Å². The van der Waals surface area contributed by atoms with Gasteiger partial charge in [-0.1, -0.05) is 6.92 Å². The van der Waals surface area contributed by atoms with Gasteiger partial charge in [0.25, 0.3) is 0 Å². The van der Waals surface area contributed by atoms with Crippen LogP contribution in [-0.2, 0) is 18.4 Å². The van der Waals surface area contributed by atoms with Crippen molar-refractivity contribution < 1.29 is 18.4 Å². The number of ether oxygens (including phenoxy) is 1. The van der Waals surface area contributed by atoms with E-state index in [9.17, 15) is 4.79 Å². The maximum Gasteiger partial charge on any atom is 0.362 e. The highest BCUT2D eigenvalue weighted by Gasteiger charge is 2.29. The molecule has 100 valence electrons. The molecule has 0 unspecified atom stereocenters. The van der Waals surface area contributed by atoms with Crippen molar-refractivity contribution in [3.8, 4) is 0 Å². The molecule has 0 aliphatic rings. The van der Waals surface area contributed by atoms with Crippen LogP contribution < -0.4 is 0 Å². The summed E-state index contributed by atoms with van der Waals surface area (Å²) in [5, 5.41) is 0. The Balaban J connectivity index is 4.62. The van der Waals surface area contributed by atoms with Crippen LogP contribution in [-0.4, -0.2) is 34.4 Å². The van der Waals surface area contributed by atoms with E-state index >= 15 is 0 Å². The van der Waals surface area contributed by atoms with Crippen molar-refractivity contribution in [2.75, 3.05) is 19.8 Å². The highest BCUT2D eigenvalue weighted by atomic mass is 28.4. The molecule has 0 atom stereocenters. The van der Waals surface area contributed by atoms with E-state index in [-0.39, 0.29) is 5.97 Å². The molecular formula is C12H24O4Si. The second-order valence-electron chi connectivity index (χ2n) is 3.85. The Hall–Kier alpha value is -0.653. The van der Waals surface area contributed by atoms with Crippen molar-refractivity contribution in [3.63, 3.8) is 0 Å². The Morgan fingerprint density at radius 3 is 2.12 bits per heavy atom. The Morgan fingerprint density at radius 2 is 1.71 bits per heavy atom. The summed E-state index contributed by atoms with van der Waals surface area (Å²) < 4.78 is 16.3. The van der Waals surface area contributed by atoms with Crippen molar-refractivity contribution in [1.82, 2.24) is 0 Å². The summed E-state index contributed by atoms with van der Waals surface area (Å²) in [6, 6.07) is 0. The van der Waals surface area contributed by atoms with Gasteiger partial charge < -0.3 is 13.6 Å². The first-order valence-electron chi connectivity index (χ1n) is 6.13. The van der Waals surface area contributed by atoms with E-state index in [0.717, 1.165) is 6.42 Å². The first-order chi connectivity index (χ1) is 7.99. The summed E-state index contributed by atoms with van der Waals surface area (Å²) in [7, 11) is -2.38. The smallest absolute Gasteiger partial charge is 0.362 e. The van der Waals surface area contributed by atoms with Crippen LogP contribution in [0.2, 0.25) is 6.55 Å². The molecule has 0 N–H and O–H groups in total. The van der Waals surface area contributed by atoms with Gasteiger partial charge in [0.2, 0.25) is 0 Å². The second-order valence-corrected chi connectivity index (χ2v) is 6.74. The van der Waals surface area contributed by atoms with Crippen LogP contribution >= 0.6 is 0 Å². The number of hydrogen-bond donors (Lipinski definition) is 0. The second kappa shape index (κ2) is 8.44. The highest BCUT2D eigenvalue weighted by Crippen LogP contribution is 2.13. The SMILES string of the molecule is CCCOC(=O)C(C)=C[Si](C)(OCC)OCC. The molecule has 0 saturated heterocycles. The first-order valence-corrected chi connectivity index (χ1v) is 8.53. The molecule has 0 fully saturated rings. The Kier molecular flexibility index (Phi) is 8.12. The van der Waals surface area contributed by atoms with Crippen molar-refractivity contribution in [1.29, 1.82) is 0 Å². The molecule has 0 aromatic rings. The molecule has 0 aliphatic carbocycles. The Morgan fingerprint density at radius 1 is 1.18 bits per heavy atom. The van der Waals surface area contributed by atoms with E-state index in [4.69, 9.17) is 13.6 Å². The van der Waals surface area contributed by atoms with Crippen LogP contribution in [0.5, 0.6) is 0 Å². The molecule has 0 aromatic carbocycles. The Labute approximate surface area is 105 Å². The summed E-state index contributed by atoms with van der Waals surface area (Å²) in [5.74, 6) is -0.287. The predicted molar refractivity (Wildman–Crippen MR) is 69.9 cm³/mol. The van der Waals surface area contributed by atoms with Crippen molar-refractivity contribution >= 4 is 14.5 Å². The molecular weight excluding hydrogens is 236 g/mol. The molecule has 0 aliphatic heterocycles. The van der Waals surface area contributed by atoms with E-state index in [1.807, 2.05) is 27.3 Å². The van der Waals surface area contributed by atoms with Crippen LogP contribution in [0.15, 0.2) is 11.3 Å². The Bertz CT molecular complexity index is 257. The third-order valence-corrected chi connectivity index (χ3v) is 4.78. The lowest BCUT2D eigenvalue weighted by molar-refractivity contribution is -0.138. The molecule has 5 heteroatoms. The summed E-state index contributed by atoms with van der Waals surface area (Å²) in [5.41, 5.74) is 2.37. The van der Waals surface area contributed by atoms with E-state index in [0.29, 0.717) is 25.4 Å². The quantitative estimate of drug-likeness (QED) is 0.382. The minimum atomic E-state index is -2.38. The van der Waals surface area contributed by atoms with Gasteiger partial charge >= 0.3 is 14.5 Å². The van der Waals surface area contributed by atoms with Crippen LogP contribution in [0.1, 0.15) is 34.1 Å². The van der Waals surface area contributed by atoms with E-state index in [1.165, 1.54) is 0 Å². The van der Waals surface area contributed by atoms with Gasteiger partial charge in [-0.3, -0.25) is 0 Å². The maximum absolute atomic E-state index is 11.6. The molecule has 0 heterocycles. The zero-order valence-electron chi connectivity index (χ0n) is 11.5. The largest absolute Gasteiger partial charge is 0.462 e. The molecule has 0 rings (SSSR count). The van der Waals surface area contributed by atoms with Gasteiger partial charge in [0.15, 0.2) is 0 Å². The molecule has 0 radical (unpaired) electrons. The van der Waals surface area contributed by atoms with Crippen molar-refractivity contribution in [2.45, 2.75) is 40.7 Å². The average molecular weight is 260 g/mol. The zero-order chi connectivity index (χ0) is 13.3. The lowest BCUT2D eigenvalue weighted by Crippen LogP contribution is -2.37. The number of rotatable bonds is 8. The van der Waals surface area contributed by atoms with Crippen LogP contribution in [0.3, 0.4) is 0 Å². The van der Waals surface area contributed by atoms with Gasteiger partial charge in [0.05, 0.1) is 6.61 Å². The van der Waals surface area contributed by atoms with Crippen LogP contribution in [0.25, 0.3) is 0 Å². The summed E-state index contributed by atoms with van der Waals surface area (Å²) >= 11 is 0. The molecule has 0 bridgehead atoms. The number of hydrogen-bond acceptors (Lipinski definition) is 4. The van der Waals surface area contributed by atoms with Crippen LogP contribution in [0, 0.1) is 0 Å². The molecule has 0 spiro atoms. The van der Waals surface area contributed by atoms with E-state index in [2.05, 4.69) is 0 Å². The van der Waals surface area contributed by atoms with Crippen LogP contribution in [0.4, 0.5) is 0 Å².